The van der Waals surface area contributed by atoms with E-state index in [-0.39, 0.29) is 12.1 Å². The van der Waals surface area contributed by atoms with Gasteiger partial charge in [-0.2, -0.15) is 4.31 Å². The fourth-order valence-corrected chi connectivity index (χ4v) is 5.31. The standard InChI is InChI=1S/C21H27NO2S/c1-3-4-5-9-12-20-21(18-10-7-6-8-11-18)22(20)25(23,24)19-15-13-17(2)14-16-19/h6-8,10-11,13-16,20-21H,3-5,9,12H2,1-2H3/t20-,21-,22?/m1/s1. The molecule has 134 valence electrons. The average Bonchev–Trinajstić information content (AvgIpc) is 3.35. The highest BCUT2D eigenvalue weighted by Gasteiger charge is 2.55. The molecule has 1 heterocycles. The molecule has 0 saturated carbocycles. The number of hydrogen-bond donors (Lipinski definition) is 0. The van der Waals surface area contributed by atoms with E-state index < -0.39 is 10.0 Å². The van der Waals surface area contributed by atoms with Gasteiger partial charge in [0.15, 0.2) is 0 Å². The van der Waals surface area contributed by atoms with E-state index in [0.717, 1.165) is 24.0 Å². The quantitative estimate of drug-likeness (QED) is 0.488. The maximum absolute atomic E-state index is 13.1. The number of rotatable bonds is 8. The van der Waals surface area contributed by atoms with Crippen molar-refractivity contribution in [2.24, 2.45) is 0 Å². The highest BCUT2D eigenvalue weighted by molar-refractivity contribution is 7.89. The minimum absolute atomic E-state index is 0.0193. The van der Waals surface area contributed by atoms with Crippen LogP contribution < -0.4 is 0 Å². The van der Waals surface area contributed by atoms with E-state index in [0.29, 0.717) is 4.90 Å². The average molecular weight is 358 g/mol. The summed E-state index contributed by atoms with van der Waals surface area (Å²) in [6.07, 6.45) is 5.60. The van der Waals surface area contributed by atoms with E-state index in [1.807, 2.05) is 49.4 Å². The summed E-state index contributed by atoms with van der Waals surface area (Å²) in [4.78, 5) is 0.398. The third kappa shape index (κ3) is 3.96. The Labute approximate surface area is 151 Å². The summed E-state index contributed by atoms with van der Waals surface area (Å²) in [6.45, 7) is 4.16. The van der Waals surface area contributed by atoms with E-state index in [1.165, 1.54) is 19.3 Å². The van der Waals surface area contributed by atoms with Crippen LogP contribution in [0, 0.1) is 6.92 Å². The molecule has 2 aromatic rings. The molecule has 4 heteroatoms. The molecule has 3 atom stereocenters. The van der Waals surface area contributed by atoms with Crippen molar-refractivity contribution in [3.05, 3.63) is 65.7 Å². The zero-order valence-corrected chi connectivity index (χ0v) is 15.9. The Hall–Kier alpha value is -1.65. The van der Waals surface area contributed by atoms with Gasteiger partial charge in [0.1, 0.15) is 0 Å². The van der Waals surface area contributed by atoms with Crippen molar-refractivity contribution in [2.45, 2.75) is 62.9 Å². The fourth-order valence-electron chi connectivity index (χ4n) is 3.50. The second kappa shape index (κ2) is 7.71. The van der Waals surface area contributed by atoms with Gasteiger partial charge < -0.3 is 0 Å². The van der Waals surface area contributed by atoms with Crippen molar-refractivity contribution < 1.29 is 8.42 Å². The zero-order chi connectivity index (χ0) is 17.9. The molecule has 1 aliphatic heterocycles. The molecule has 0 spiro atoms. The largest absolute Gasteiger partial charge is 0.244 e. The van der Waals surface area contributed by atoms with Gasteiger partial charge in [-0.05, 0) is 31.0 Å². The summed E-state index contributed by atoms with van der Waals surface area (Å²) in [5.74, 6) is 0. The summed E-state index contributed by atoms with van der Waals surface area (Å²) >= 11 is 0. The van der Waals surface area contributed by atoms with Crippen LogP contribution in [0.4, 0.5) is 0 Å². The van der Waals surface area contributed by atoms with Crippen LogP contribution in [0.15, 0.2) is 59.5 Å². The smallest absolute Gasteiger partial charge is 0.207 e. The summed E-state index contributed by atoms with van der Waals surface area (Å²) in [6, 6.07) is 17.3. The van der Waals surface area contributed by atoms with Gasteiger partial charge >= 0.3 is 0 Å². The zero-order valence-electron chi connectivity index (χ0n) is 15.1. The molecule has 1 saturated heterocycles. The Morgan fingerprint density at radius 1 is 0.920 bits per heavy atom. The van der Waals surface area contributed by atoms with Gasteiger partial charge in [-0.25, -0.2) is 8.42 Å². The van der Waals surface area contributed by atoms with Crippen molar-refractivity contribution in [2.75, 3.05) is 0 Å². The molecule has 0 N–H and O–H groups in total. The molecule has 0 aliphatic carbocycles. The lowest BCUT2D eigenvalue weighted by molar-refractivity contribution is 0.534. The molecule has 3 rings (SSSR count). The Bertz CT molecular complexity index is 784. The van der Waals surface area contributed by atoms with Crippen LogP contribution in [0.2, 0.25) is 0 Å². The van der Waals surface area contributed by atoms with Crippen LogP contribution in [0.25, 0.3) is 0 Å². The lowest BCUT2D eigenvalue weighted by atomic mass is 10.1. The third-order valence-electron chi connectivity index (χ3n) is 4.97. The molecule has 0 amide bonds. The van der Waals surface area contributed by atoms with Gasteiger partial charge in [0.2, 0.25) is 10.0 Å². The number of nitrogens with zero attached hydrogens (tertiary/aromatic N) is 1. The van der Waals surface area contributed by atoms with Gasteiger partial charge in [0.05, 0.1) is 10.9 Å². The van der Waals surface area contributed by atoms with Gasteiger partial charge in [0, 0.05) is 6.04 Å². The molecule has 1 aliphatic rings. The molecule has 25 heavy (non-hydrogen) atoms. The topological polar surface area (TPSA) is 37.1 Å². The van der Waals surface area contributed by atoms with Gasteiger partial charge in [-0.3, -0.25) is 0 Å². The first-order valence-electron chi connectivity index (χ1n) is 9.21. The van der Waals surface area contributed by atoms with Crippen LogP contribution in [0.1, 0.15) is 56.2 Å². The molecule has 0 bridgehead atoms. The molecular formula is C21H27NO2S. The van der Waals surface area contributed by atoms with Gasteiger partial charge in [0.25, 0.3) is 0 Å². The van der Waals surface area contributed by atoms with Crippen molar-refractivity contribution in [1.82, 2.24) is 4.31 Å². The Morgan fingerprint density at radius 2 is 1.60 bits per heavy atom. The summed E-state index contributed by atoms with van der Waals surface area (Å²) in [5.41, 5.74) is 2.17. The molecular weight excluding hydrogens is 330 g/mol. The van der Waals surface area contributed by atoms with Gasteiger partial charge in [-0.1, -0.05) is 80.6 Å². The van der Waals surface area contributed by atoms with Crippen LogP contribution >= 0.6 is 0 Å². The first kappa shape index (κ1) is 18.2. The fraction of sp³-hybridized carbons (Fsp3) is 0.429. The molecule has 0 aromatic heterocycles. The Kier molecular flexibility index (Phi) is 5.60. The lowest BCUT2D eigenvalue weighted by Crippen LogP contribution is -2.15. The Morgan fingerprint density at radius 3 is 2.24 bits per heavy atom. The highest BCUT2D eigenvalue weighted by Crippen LogP contribution is 2.49. The van der Waals surface area contributed by atoms with Crippen LogP contribution in [0.5, 0.6) is 0 Å². The van der Waals surface area contributed by atoms with Crippen LogP contribution in [0.3, 0.4) is 0 Å². The maximum atomic E-state index is 13.1. The van der Waals surface area contributed by atoms with Crippen molar-refractivity contribution in [3.63, 3.8) is 0 Å². The van der Waals surface area contributed by atoms with E-state index >= 15 is 0 Å². The maximum Gasteiger partial charge on any atom is 0.244 e. The predicted molar refractivity (Wildman–Crippen MR) is 102 cm³/mol. The minimum atomic E-state index is -3.44. The number of unbranched alkanes of at least 4 members (excludes halogenated alkanes) is 3. The third-order valence-corrected chi connectivity index (χ3v) is 6.89. The summed E-state index contributed by atoms with van der Waals surface area (Å²) in [5, 5.41) is 0. The summed E-state index contributed by atoms with van der Waals surface area (Å²) < 4.78 is 27.9. The SMILES string of the molecule is CCCCCC[C@@H]1[C@@H](c2ccccc2)N1S(=O)(=O)c1ccc(C)cc1. The van der Waals surface area contributed by atoms with E-state index in [1.54, 1.807) is 16.4 Å². The number of aryl methyl sites for hydroxylation is 1. The van der Waals surface area contributed by atoms with Crippen molar-refractivity contribution in [3.8, 4) is 0 Å². The van der Waals surface area contributed by atoms with Gasteiger partial charge in [-0.15, -0.1) is 0 Å². The second-order valence-corrected chi connectivity index (χ2v) is 8.76. The molecule has 0 radical (unpaired) electrons. The van der Waals surface area contributed by atoms with Crippen LogP contribution in [-0.4, -0.2) is 18.8 Å². The van der Waals surface area contributed by atoms with E-state index in [4.69, 9.17) is 0 Å². The first-order chi connectivity index (χ1) is 12.1. The first-order valence-corrected chi connectivity index (χ1v) is 10.6. The second-order valence-electron chi connectivity index (χ2n) is 6.92. The number of hydrogen-bond acceptors (Lipinski definition) is 2. The lowest BCUT2D eigenvalue weighted by Gasteiger charge is -2.07. The molecule has 3 nitrogen and oxygen atoms in total. The summed E-state index contributed by atoms with van der Waals surface area (Å²) in [7, 11) is -3.44. The van der Waals surface area contributed by atoms with E-state index in [2.05, 4.69) is 6.92 Å². The monoisotopic (exact) mass is 357 g/mol. The van der Waals surface area contributed by atoms with Crippen molar-refractivity contribution in [1.29, 1.82) is 0 Å². The normalized spacial score (nSPS) is 22.7. The molecule has 1 unspecified atom stereocenters. The van der Waals surface area contributed by atoms with E-state index in [9.17, 15) is 8.42 Å². The minimum Gasteiger partial charge on any atom is -0.207 e. The predicted octanol–water partition coefficient (Wildman–Crippen LogP) is 5.08. The van der Waals surface area contributed by atoms with Crippen LogP contribution in [-0.2, 0) is 10.0 Å². The number of sulfonamides is 1. The molecule has 2 aromatic carbocycles. The molecule has 1 fully saturated rings. The van der Waals surface area contributed by atoms with Crippen molar-refractivity contribution >= 4 is 10.0 Å². The highest BCUT2D eigenvalue weighted by atomic mass is 32.2. The number of benzene rings is 2. The Balaban J connectivity index is 1.82.